The Morgan fingerprint density at radius 2 is 2.29 bits per heavy atom. The highest BCUT2D eigenvalue weighted by molar-refractivity contribution is 7.53. The SMILES string of the molecule is CCOP(=O)(O)CC(=O)c1csc(-c2cccc(Cl)c2)n1. The number of hydrogen-bond donors (Lipinski definition) is 1. The average molecular weight is 346 g/mol. The van der Waals surface area contributed by atoms with Crippen molar-refractivity contribution in [1.29, 1.82) is 0 Å². The van der Waals surface area contributed by atoms with Gasteiger partial charge in [0, 0.05) is 16.0 Å². The number of hydrogen-bond acceptors (Lipinski definition) is 5. The van der Waals surface area contributed by atoms with Crippen molar-refractivity contribution in [3.8, 4) is 10.6 Å². The van der Waals surface area contributed by atoms with E-state index in [-0.39, 0.29) is 12.3 Å². The van der Waals surface area contributed by atoms with Gasteiger partial charge < -0.3 is 9.42 Å². The number of Topliss-reactive ketones (excluding diaryl/α,β-unsaturated/α-hetero) is 1. The average Bonchev–Trinajstić information content (AvgIpc) is 2.87. The summed E-state index contributed by atoms with van der Waals surface area (Å²) in [7, 11) is -3.89. The lowest BCUT2D eigenvalue weighted by atomic mass is 10.2. The smallest absolute Gasteiger partial charge is 0.324 e. The number of nitrogens with zero attached hydrogens (tertiary/aromatic N) is 1. The lowest BCUT2D eigenvalue weighted by Gasteiger charge is -2.08. The Morgan fingerprint density at radius 3 is 2.95 bits per heavy atom. The van der Waals surface area contributed by atoms with Crippen LogP contribution in [0.25, 0.3) is 10.6 Å². The molecule has 0 aliphatic carbocycles. The monoisotopic (exact) mass is 345 g/mol. The summed E-state index contributed by atoms with van der Waals surface area (Å²) in [6.07, 6.45) is -0.570. The molecule has 112 valence electrons. The predicted octanol–water partition coefficient (Wildman–Crippen LogP) is 3.87. The number of carbonyl (C=O) groups is 1. The number of benzene rings is 1. The standard InChI is InChI=1S/C13H13ClNO4PS/c1-2-19-20(17,18)7-12(16)11-8-21-13(15-11)9-4-3-5-10(14)6-9/h3-6,8H,2,7H2,1H3,(H,17,18). The van der Waals surface area contributed by atoms with Crippen LogP contribution in [0.2, 0.25) is 5.02 Å². The molecule has 1 N–H and O–H groups in total. The van der Waals surface area contributed by atoms with Crippen LogP contribution in [0.3, 0.4) is 0 Å². The van der Waals surface area contributed by atoms with Gasteiger partial charge in [0.1, 0.15) is 16.9 Å². The molecule has 1 unspecified atom stereocenters. The van der Waals surface area contributed by atoms with E-state index in [1.165, 1.54) is 11.3 Å². The first-order chi connectivity index (χ1) is 9.91. The van der Waals surface area contributed by atoms with Gasteiger partial charge in [-0.05, 0) is 19.1 Å². The Labute approximate surface area is 131 Å². The van der Waals surface area contributed by atoms with Crippen molar-refractivity contribution in [2.75, 3.05) is 12.8 Å². The van der Waals surface area contributed by atoms with Crippen LogP contribution in [-0.2, 0) is 9.09 Å². The van der Waals surface area contributed by atoms with Gasteiger partial charge in [0.25, 0.3) is 0 Å². The zero-order chi connectivity index (χ0) is 15.5. The van der Waals surface area contributed by atoms with Crippen LogP contribution >= 0.6 is 30.5 Å². The van der Waals surface area contributed by atoms with E-state index >= 15 is 0 Å². The lowest BCUT2D eigenvalue weighted by Crippen LogP contribution is -2.08. The molecule has 2 rings (SSSR count). The summed E-state index contributed by atoms with van der Waals surface area (Å²) in [5.74, 6) is -0.515. The molecule has 0 amide bonds. The molecule has 0 aliphatic rings. The molecule has 0 aliphatic heterocycles. The molecule has 0 fully saturated rings. The first kappa shape index (κ1) is 16.3. The second-order valence-corrected chi connectivity index (χ2v) is 7.33. The van der Waals surface area contributed by atoms with Gasteiger partial charge in [0.2, 0.25) is 0 Å². The Balaban J connectivity index is 2.16. The highest BCUT2D eigenvalue weighted by Gasteiger charge is 2.25. The third-order valence-electron chi connectivity index (χ3n) is 2.54. The van der Waals surface area contributed by atoms with Gasteiger partial charge in [-0.1, -0.05) is 23.7 Å². The van der Waals surface area contributed by atoms with Gasteiger partial charge in [-0.15, -0.1) is 11.3 Å². The maximum atomic E-state index is 12.0. The maximum absolute atomic E-state index is 12.0. The Bertz CT molecular complexity index is 703. The molecule has 0 saturated carbocycles. The molecule has 8 heteroatoms. The van der Waals surface area contributed by atoms with Crippen molar-refractivity contribution in [3.05, 3.63) is 40.4 Å². The summed E-state index contributed by atoms with van der Waals surface area (Å²) in [5.41, 5.74) is 0.951. The maximum Gasteiger partial charge on any atom is 0.335 e. The molecule has 0 radical (unpaired) electrons. The number of ketones is 1. The van der Waals surface area contributed by atoms with Gasteiger partial charge in [-0.2, -0.15) is 0 Å². The largest absolute Gasteiger partial charge is 0.335 e. The minimum absolute atomic E-state index is 0.0753. The van der Waals surface area contributed by atoms with Crippen LogP contribution in [-0.4, -0.2) is 28.4 Å². The predicted molar refractivity (Wildman–Crippen MR) is 83.2 cm³/mol. The van der Waals surface area contributed by atoms with Gasteiger partial charge >= 0.3 is 7.60 Å². The molecule has 1 aromatic carbocycles. The van der Waals surface area contributed by atoms with Crippen molar-refractivity contribution in [2.45, 2.75) is 6.92 Å². The molecule has 1 atom stereocenters. The fourth-order valence-electron chi connectivity index (χ4n) is 1.67. The topological polar surface area (TPSA) is 76.5 Å². The number of halogens is 1. The Hall–Kier alpha value is -1.04. The van der Waals surface area contributed by atoms with Gasteiger partial charge in [0.05, 0.1) is 6.61 Å². The van der Waals surface area contributed by atoms with Crippen molar-refractivity contribution >= 4 is 36.3 Å². The molecule has 2 aromatic rings. The van der Waals surface area contributed by atoms with Crippen molar-refractivity contribution < 1.29 is 18.8 Å². The van der Waals surface area contributed by atoms with Gasteiger partial charge in [-0.3, -0.25) is 9.36 Å². The zero-order valence-corrected chi connectivity index (χ0v) is 13.6. The third kappa shape index (κ3) is 4.46. The molecule has 5 nitrogen and oxygen atoms in total. The van der Waals surface area contributed by atoms with E-state index in [0.717, 1.165) is 5.56 Å². The second-order valence-electron chi connectivity index (χ2n) is 4.18. The van der Waals surface area contributed by atoms with E-state index in [1.54, 1.807) is 30.5 Å². The summed E-state index contributed by atoms with van der Waals surface area (Å²) < 4.78 is 16.3. The number of carbonyl (C=O) groups excluding carboxylic acids is 1. The molecule has 1 heterocycles. The molecule has 0 spiro atoms. The summed E-state index contributed by atoms with van der Waals surface area (Å²) in [6.45, 7) is 1.67. The zero-order valence-electron chi connectivity index (χ0n) is 11.2. The number of rotatable bonds is 6. The Morgan fingerprint density at radius 1 is 1.52 bits per heavy atom. The van der Waals surface area contributed by atoms with E-state index in [4.69, 9.17) is 11.6 Å². The van der Waals surface area contributed by atoms with Crippen molar-refractivity contribution in [2.24, 2.45) is 0 Å². The van der Waals surface area contributed by atoms with Crippen LogP contribution < -0.4 is 0 Å². The van der Waals surface area contributed by atoms with Crippen LogP contribution in [0.1, 0.15) is 17.4 Å². The summed E-state index contributed by atoms with van der Waals surface area (Å²) >= 11 is 7.19. The molecule has 1 aromatic heterocycles. The van der Waals surface area contributed by atoms with Crippen molar-refractivity contribution in [1.82, 2.24) is 4.98 Å². The van der Waals surface area contributed by atoms with Crippen LogP contribution in [0.4, 0.5) is 0 Å². The highest BCUT2D eigenvalue weighted by Crippen LogP contribution is 2.42. The number of aromatic nitrogens is 1. The molecular weight excluding hydrogens is 333 g/mol. The second kappa shape index (κ2) is 6.81. The van der Waals surface area contributed by atoms with Gasteiger partial charge in [0.15, 0.2) is 5.78 Å². The molecular formula is C13H13ClNO4PS. The highest BCUT2D eigenvalue weighted by atomic mass is 35.5. The van der Waals surface area contributed by atoms with Crippen LogP contribution in [0, 0.1) is 0 Å². The van der Waals surface area contributed by atoms with Crippen molar-refractivity contribution in [3.63, 3.8) is 0 Å². The quantitative estimate of drug-likeness (QED) is 0.635. The fraction of sp³-hybridized carbons (Fsp3) is 0.231. The molecule has 0 bridgehead atoms. The van der Waals surface area contributed by atoms with E-state index in [2.05, 4.69) is 9.51 Å². The summed E-state index contributed by atoms with van der Waals surface area (Å²) in [6, 6.07) is 7.11. The normalized spacial score (nSPS) is 13.9. The van der Waals surface area contributed by atoms with Gasteiger partial charge in [-0.25, -0.2) is 4.98 Å². The lowest BCUT2D eigenvalue weighted by molar-refractivity contribution is 0.100. The minimum atomic E-state index is -3.89. The molecule has 0 saturated heterocycles. The molecule has 21 heavy (non-hydrogen) atoms. The first-order valence-electron chi connectivity index (χ1n) is 6.12. The number of thiazole rings is 1. The third-order valence-corrected chi connectivity index (χ3v) is 5.01. The fourth-order valence-corrected chi connectivity index (χ4v) is 3.70. The Kier molecular flexibility index (Phi) is 5.30. The summed E-state index contributed by atoms with van der Waals surface area (Å²) in [5, 5.41) is 2.77. The first-order valence-corrected chi connectivity index (χ1v) is 9.14. The van der Waals surface area contributed by atoms with Crippen LogP contribution in [0.15, 0.2) is 29.6 Å². The van der Waals surface area contributed by atoms with E-state index in [9.17, 15) is 14.3 Å². The minimum Gasteiger partial charge on any atom is -0.324 e. The van der Waals surface area contributed by atoms with E-state index in [0.29, 0.717) is 10.0 Å². The van der Waals surface area contributed by atoms with E-state index < -0.39 is 19.5 Å². The summed E-state index contributed by atoms with van der Waals surface area (Å²) in [4.78, 5) is 25.6. The van der Waals surface area contributed by atoms with Crippen LogP contribution in [0.5, 0.6) is 0 Å². The van der Waals surface area contributed by atoms with E-state index in [1.807, 2.05) is 6.07 Å².